The molecule has 2 saturated heterocycles. The predicted octanol–water partition coefficient (Wildman–Crippen LogP) is 1.06. The number of carbonyl (C=O) groups excluding carboxylic acids is 2. The fraction of sp³-hybridized carbons (Fsp3) is 0.524. The van der Waals surface area contributed by atoms with Crippen LogP contribution >= 0.6 is 0 Å². The molecule has 2 amide bonds. The van der Waals surface area contributed by atoms with Crippen molar-refractivity contribution in [1.29, 1.82) is 5.41 Å². The van der Waals surface area contributed by atoms with Crippen LogP contribution in [-0.2, 0) is 14.3 Å². The Labute approximate surface area is 175 Å². The lowest BCUT2D eigenvalue weighted by Crippen LogP contribution is -2.58. The van der Waals surface area contributed by atoms with Gasteiger partial charge in [-0.15, -0.1) is 0 Å². The molecule has 1 aromatic carbocycles. The Morgan fingerprint density at radius 1 is 1.17 bits per heavy atom. The van der Waals surface area contributed by atoms with Crippen molar-refractivity contribution in [1.82, 2.24) is 9.80 Å². The number of nitrogens with one attached hydrogen (secondary N) is 1. The van der Waals surface area contributed by atoms with Crippen molar-refractivity contribution >= 4 is 23.6 Å². The van der Waals surface area contributed by atoms with Gasteiger partial charge in [0.25, 0.3) is 5.91 Å². The number of piperidine rings is 1. The summed E-state index contributed by atoms with van der Waals surface area (Å²) in [7, 11) is 0. The van der Waals surface area contributed by atoms with Gasteiger partial charge in [-0.05, 0) is 44.7 Å². The Morgan fingerprint density at radius 2 is 1.77 bits per heavy atom. The SMILES string of the molecule is C[C@@]1(C(=O)N2CCC(OCC(=O)O)CC2)CCCN1C(=O)c1ccc(C(=N)N)cc1. The maximum atomic E-state index is 13.3. The van der Waals surface area contributed by atoms with Gasteiger partial charge in [0, 0.05) is 30.8 Å². The summed E-state index contributed by atoms with van der Waals surface area (Å²) in [6.45, 7) is 2.95. The molecule has 0 radical (unpaired) electrons. The Morgan fingerprint density at radius 3 is 2.33 bits per heavy atom. The first-order chi connectivity index (χ1) is 14.2. The number of rotatable bonds is 6. The van der Waals surface area contributed by atoms with Crippen molar-refractivity contribution in [2.24, 2.45) is 5.73 Å². The number of nitrogens with two attached hydrogens (primary N) is 1. The van der Waals surface area contributed by atoms with Crippen LogP contribution < -0.4 is 5.73 Å². The molecule has 9 nitrogen and oxygen atoms in total. The van der Waals surface area contributed by atoms with E-state index in [4.69, 9.17) is 21.0 Å². The van der Waals surface area contributed by atoms with Gasteiger partial charge in [-0.1, -0.05) is 12.1 Å². The minimum Gasteiger partial charge on any atom is -0.480 e. The summed E-state index contributed by atoms with van der Waals surface area (Å²) in [5.74, 6) is -1.35. The minimum atomic E-state index is -1.00. The average Bonchev–Trinajstić information content (AvgIpc) is 3.14. The first kappa shape index (κ1) is 21.8. The molecule has 0 spiro atoms. The van der Waals surface area contributed by atoms with Crippen LogP contribution in [0.1, 0.15) is 48.5 Å². The van der Waals surface area contributed by atoms with Gasteiger partial charge in [0.2, 0.25) is 5.91 Å². The van der Waals surface area contributed by atoms with Gasteiger partial charge in [-0.3, -0.25) is 15.0 Å². The van der Waals surface area contributed by atoms with E-state index in [9.17, 15) is 14.4 Å². The smallest absolute Gasteiger partial charge is 0.329 e. The molecular weight excluding hydrogens is 388 g/mol. The third-order valence-corrected chi connectivity index (χ3v) is 5.96. The molecule has 0 bridgehead atoms. The van der Waals surface area contributed by atoms with Crippen LogP contribution in [0, 0.1) is 5.41 Å². The fourth-order valence-corrected chi connectivity index (χ4v) is 4.21. The van der Waals surface area contributed by atoms with Gasteiger partial charge in [0.05, 0.1) is 6.10 Å². The number of hydrogen-bond donors (Lipinski definition) is 3. The van der Waals surface area contributed by atoms with E-state index in [1.807, 2.05) is 6.92 Å². The number of nitrogens with zero attached hydrogens (tertiary/aromatic N) is 2. The van der Waals surface area contributed by atoms with E-state index in [-0.39, 0.29) is 30.4 Å². The van der Waals surface area contributed by atoms with Crippen molar-refractivity contribution in [2.75, 3.05) is 26.2 Å². The zero-order valence-electron chi connectivity index (χ0n) is 17.1. The topological polar surface area (TPSA) is 137 Å². The minimum absolute atomic E-state index is 0.0640. The van der Waals surface area contributed by atoms with E-state index in [2.05, 4.69) is 0 Å². The standard InChI is InChI=1S/C21H28N4O5/c1-21(20(29)24-11-7-16(8-12-24)30-13-17(26)27)9-2-10-25(21)19(28)15-5-3-14(4-6-15)18(22)23/h3-6,16H,2,7-13H2,1H3,(H3,22,23)(H,26,27)/t21-/m0/s1. The molecule has 2 aliphatic rings. The first-order valence-corrected chi connectivity index (χ1v) is 10.1. The van der Waals surface area contributed by atoms with Gasteiger partial charge in [0.15, 0.2) is 0 Å². The molecule has 3 rings (SSSR count). The molecule has 2 aliphatic heterocycles. The largest absolute Gasteiger partial charge is 0.480 e. The molecule has 0 saturated carbocycles. The van der Waals surface area contributed by atoms with Crippen molar-refractivity contribution in [3.63, 3.8) is 0 Å². The Hall–Kier alpha value is -2.94. The summed E-state index contributed by atoms with van der Waals surface area (Å²) in [6, 6.07) is 6.53. The van der Waals surface area contributed by atoms with Gasteiger partial charge in [0.1, 0.15) is 18.0 Å². The second-order valence-electron chi connectivity index (χ2n) is 8.02. The van der Waals surface area contributed by atoms with Crippen LogP contribution in [0.25, 0.3) is 0 Å². The highest BCUT2D eigenvalue weighted by Crippen LogP contribution is 2.33. The highest BCUT2D eigenvalue weighted by molar-refractivity contribution is 6.01. The first-order valence-electron chi connectivity index (χ1n) is 10.1. The van der Waals surface area contributed by atoms with Crippen LogP contribution in [0.4, 0.5) is 0 Å². The molecule has 0 unspecified atom stereocenters. The number of carbonyl (C=O) groups is 3. The second kappa shape index (κ2) is 8.83. The molecule has 0 aliphatic carbocycles. The maximum Gasteiger partial charge on any atom is 0.329 e. The highest BCUT2D eigenvalue weighted by atomic mass is 16.5. The van der Waals surface area contributed by atoms with E-state index in [0.29, 0.717) is 50.0 Å². The number of ether oxygens (including phenoxy) is 1. The summed E-state index contributed by atoms with van der Waals surface area (Å²) >= 11 is 0. The lowest BCUT2D eigenvalue weighted by Gasteiger charge is -2.40. The van der Waals surface area contributed by atoms with Gasteiger partial charge < -0.3 is 25.4 Å². The molecule has 9 heteroatoms. The number of amides is 2. The number of amidine groups is 1. The van der Waals surface area contributed by atoms with E-state index in [1.54, 1.807) is 34.1 Å². The average molecular weight is 416 g/mol. The molecule has 1 atom stereocenters. The van der Waals surface area contributed by atoms with Crippen molar-refractivity contribution < 1.29 is 24.2 Å². The van der Waals surface area contributed by atoms with Crippen LogP contribution in [0.3, 0.4) is 0 Å². The molecule has 4 N–H and O–H groups in total. The number of carboxylic acid groups (broad SMARTS) is 1. The molecule has 1 aromatic rings. The Balaban J connectivity index is 1.67. The number of carboxylic acids is 1. The summed E-state index contributed by atoms with van der Waals surface area (Å²) in [5, 5.41) is 16.2. The maximum absolute atomic E-state index is 13.3. The summed E-state index contributed by atoms with van der Waals surface area (Å²) in [4.78, 5) is 40.5. The summed E-state index contributed by atoms with van der Waals surface area (Å²) in [5.41, 5.74) is 5.56. The van der Waals surface area contributed by atoms with E-state index in [1.165, 1.54) is 0 Å². The van der Waals surface area contributed by atoms with E-state index >= 15 is 0 Å². The number of aliphatic carboxylic acids is 1. The highest BCUT2D eigenvalue weighted by Gasteiger charge is 2.48. The molecule has 30 heavy (non-hydrogen) atoms. The zero-order chi connectivity index (χ0) is 21.9. The van der Waals surface area contributed by atoms with Crippen LogP contribution in [0.2, 0.25) is 0 Å². The normalized spacial score (nSPS) is 22.2. The van der Waals surface area contributed by atoms with Gasteiger partial charge >= 0.3 is 5.97 Å². The summed E-state index contributed by atoms with van der Waals surface area (Å²) in [6.07, 6.45) is 2.33. The molecule has 162 valence electrons. The lowest BCUT2D eigenvalue weighted by atomic mass is 9.94. The second-order valence-corrected chi connectivity index (χ2v) is 8.02. The monoisotopic (exact) mass is 416 g/mol. The Bertz CT molecular complexity index is 832. The Kier molecular flexibility index (Phi) is 6.40. The molecule has 2 fully saturated rings. The van der Waals surface area contributed by atoms with Crippen molar-refractivity contribution in [3.05, 3.63) is 35.4 Å². The molecular formula is C21H28N4O5. The van der Waals surface area contributed by atoms with Crippen LogP contribution in [-0.4, -0.2) is 76.4 Å². The third-order valence-electron chi connectivity index (χ3n) is 5.96. The number of likely N-dealkylation sites (tertiary alicyclic amines) is 2. The van der Waals surface area contributed by atoms with Crippen molar-refractivity contribution in [3.8, 4) is 0 Å². The predicted molar refractivity (Wildman–Crippen MR) is 109 cm³/mol. The van der Waals surface area contributed by atoms with Gasteiger partial charge in [-0.25, -0.2) is 4.79 Å². The fourth-order valence-electron chi connectivity index (χ4n) is 4.21. The van der Waals surface area contributed by atoms with E-state index in [0.717, 1.165) is 6.42 Å². The number of hydrogen-bond acceptors (Lipinski definition) is 5. The quantitative estimate of drug-likeness (QED) is 0.468. The number of benzene rings is 1. The molecule has 0 aromatic heterocycles. The van der Waals surface area contributed by atoms with Crippen LogP contribution in [0.15, 0.2) is 24.3 Å². The third kappa shape index (κ3) is 4.46. The lowest BCUT2D eigenvalue weighted by molar-refractivity contribution is -0.149. The van der Waals surface area contributed by atoms with E-state index < -0.39 is 11.5 Å². The number of nitrogen functional groups attached to an aromatic ring is 1. The van der Waals surface area contributed by atoms with Crippen molar-refractivity contribution in [2.45, 2.75) is 44.2 Å². The van der Waals surface area contributed by atoms with Gasteiger partial charge in [-0.2, -0.15) is 0 Å². The zero-order valence-corrected chi connectivity index (χ0v) is 17.1. The molecule has 2 heterocycles. The summed E-state index contributed by atoms with van der Waals surface area (Å²) < 4.78 is 5.34. The van der Waals surface area contributed by atoms with Crippen LogP contribution in [0.5, 0.6) is 0 Å².